The van der Waals surface area contributed by atoms with Crippen LogP contribution in [0.1, 0.15) is 71.1 Å². The maximum atomic E-state index is 11.6. The molecule has 1 aromatic rings. The molecular formula is C16H28BNaO2S. The van der Waals surface area contributed by atoms with Crippen LogP contribution in [0.3, 0.4) is 0 Å². The second-order valence-corrected chi connectivity index (χ2v) is 6.38. The van der Waals surface area contributed by atoms with Crippen molar-refractivity contribution < 1.29 is 39.2 Å². The van der Waals surface area contributed by atoms with E-state index in [1.165, 1.54) is 69.1 Å². The van der Waals surface area contributed by atoms with Crippen LogP contribution < -0.4 is 39.4 Å². The van der Waals surface area contributed by atoms with Crippen LogP contribution in [0.4, 0.5) is 0 Å². The predicted octanol–water partition coefficient (Wildman–Crippen LogP) is 0.745. The Hall–Kier alpha value is 0.685. The zero-order valence-electron chi connectivity index (χ0n) is 13.8. The number of thiophene rings is 1. The third-order valence-electron chi connectivity index (χ3n) is 3.54. The Kier molecular flexibility index (Phi) is 16.1. The van der Waals surface area contributed by atoms with Crippen LogP contribution in [0.5, 0.6) is 0 Å². The fourth-order valence-corrected chi connectivity index (χ4v) is 2.94. The summed E-state index contributed by atoms with van der Waals surface area (Å²) >= 11 is 1.48. The van der Waals surface area contributed by atoms with Crippen LogP contribution in [-0.2, 0) is 4.65 Å². The average molecular weight is 318 g/mol. The van der Waals surface area contributed by atoms with Gasteiger partial charge in [0.1, 0.15) is 0 Å². The van der Waals surface area contributed by atoms with Crippen LogP contribution >= 0.6 is 11.3 Å². The Bertz CT molecular complexity index is 309. The van der Waals surface area contributed by atoms with Gasteiger partial charge in [0.05, 0.1) is 0 Å². The molecule has 1 aromatic heterocycles. The minimum atomic E-state index is -0.978. The molecule has 2 nitrogen and oxygen atoms in total. The first-order valence-electron chi connectivity index (χ1n) is 8.15. The van der Waals surface area contributed by atoms with Crippen LogP contribution in [0.2, 0.25) is 0 Å². The summed E-state index contributed by atoms with van der Waals surface area (Å²) in [4.78, 5) is 0. The van der Waals surface area contributed by atoms with Gasteiger partial charge in [-0.1, -0.05) is 76.8 Å². The van der Waals surface area contributed by atoms with Gasteiger partial charge in [0.2, 0.25) is 7.12 Å². The second kappa shape index (κ2) is 15.6. The first-order chi connectivity index (χ1) is 9.84. The molecule has 0 radical (unpaired) electrons. The monoisotopic (exact) mass is 318 g/mol. The van der Waals surface area contributed by atoms with E-state index in [9.17, 15) is 5.02 Å². The molecule has 0 saturated carbocycles. The van der Waals surface area contributed by atoms with Crippen molar-refractivity contribution in [3.63, 3.8) is 0 Å². The molecule has 0 spiro atoms. The minimum absolute atomic E-state index is 0. The molecule has 0 aliphatic heterocycles. The zero-order chi connectivity index (χ0) is 14.5. The van der Waals surface area contributed by atoms with Crippen LogP contribution in [0, 0.1) is 0 Å². The Labute approximate surface area is 157 Å². The van der Waals surface area contributed by atoms with Crippen LogP contribution in [-0.4, -0.2) is 13.7 Å². The molecule has 1 rings (SSSR count). The molecule has 0 aliphatic rings. The molecule has 114 valence electrons. The molecule has 0 N–H and O–H groups in total. The van der Waals surface area contributed by atoms with Crippen molar-refractivity contribution in [1.29, 1.82) is 0 Å². The summed E-state index contributed by atoms with van der Waals surface area (Å²) in [5.74, 6) is 0. The van der Waals surface area contributed by atoms with Gasteiger partial charge < -0.3 is 9.68 Å². The first kappa shape index (κ1) is 21.7. The molecule has 0 unspecified atom stereocenters. The van der Waals surface area contributed by atoms with E-state index in [4.69, 9.17) is 4.65 Å². The molecule has 0 bridgehead atoms. The molecule has 1 heterocycles. The summed E-state index contributed by atoms with van der Waals surface area (Å²) in [6, 6.07) is 3.75. The smallest absolute Gasteiger partial charge is 0.852 e. The van der Waals surface area contributed by atoms with E-state index in [-0.39, 0.29) is 29.6 Å². The minimum Gasteiger partial charge on any atom is -0.852 e. The van der Waals surface area contributed by atoms with E-state index in [0.717, 1.165) is 11.2 Å². The van der Waals surface area contributed by atoms with Gasteiger partial charge in [0.25, 0.3) is 0 Å². The molecule has 5 heteroatoms. The number of unbranched alkanes of at least 4 members (excludes halogenated alkanes) is 9. The molecule has 0 aromatic carbocycles. The number of hydrogen-bond acceptors (Lipinski definition) is 3. The largest absolute Gasteiger partial charge is 1.00 e. The van der Waals surface area contributed by atoms with Crippen LogP contribution in [0.25, 0.3) is 0 Å². The van der Waals surface area contributed by atoms with Gasteiger partial charge in [0, 0.05) is 6.61 Å². The van der Waals surface area contributed by atoms with Crippen molar-refractivity contribution in [2.45, 2.75) is 71.1 Å². The Balaban J connectivity index is 0.00000400. The molecular weight excluding hydrogens is 290 g/mol. The number of hydrogen-bond donors (Lipinski definition) is 0. The SMILES string of the molecule is CCCCCCCCCCCCOB([O-])c1cccs1.[Na+]. The van der Waals surface area contributed by atoms with Crippen molar-refractivity contribution in [3.8, 4) is 0 Å². The van der Waals surface area contributed by atoms with Crippen molar-refractivity contribution in [3.05, 3.63) is 17.5 Å². The summed E-state index contributed by atoms with van der Waals surface area (Å²) in [6.07, 6.45) is 13.1. The maximum Gasteiger partial charge on any atom is 1.00 e. The summed E-state index contributed by atoms with van der Waals surface area (Å²) in [5.41, 5.74) is 0. The van der Waals surface area contributed by atoms with Gasteiger partial charge in [0.15, 0.2) is 0 Å². The summed E-state index contributed by atoms with van der Waals surface area (Å²) in [7, 11) is -0.978. The van der Waals surface area contributed by atoms with Crippen LogP contribution in [0.15, 0.2) is 17.5 Å². The van der Waals surface area contributed by atoms with E-state index in [0.29, 0.717) is 6.61 Å². The molecule has 21 heavy (non-hydrogen) atoms. The van der Waals surface area contributed by atoms with E-state index >= 15 is 0 Å². The van der Waals surface area contributed by atoms with E-state index < -0.39 is 7.12 Å². The van der Waals surface area contributed by atoms with Crippen molar-refractivity contribution in [2.24, 2.45) is 0 Å². The van der Waals surface area contributed by atoms with E-state index in [2.05, 4.69) is 6.92 Å². The third kappa shape index (κ3) is 11.9. The molecule has 0 aliphatic carbocycles. The molecule has 0 saturated heterocycles. The van der Waals surface area contributed by atoms with E-state index in [1.807, 2.05) is 17.5 Å². The average Bonchev–Trinajstić information content (AvgIpc) is 2.99. The summed E-state index contributed by atoms with van der Waals surface area (Å²) in [6.45, 7) is 2.86. The van der Waals surface area contributed by atoms with Gasteiger partial charge in [-0.3, -0.25) is 0 Å². The normalized spacial score (nSPS) is 10.4. The van der Waals surface area contributed by atoms with Crippen molar-refractivity contribution >= 4 is 23.2 Å². The quantitative estimate of drug-likeness (QED) is 0.397. The maximum absolute atomic E-state index is 11.6. The standard InChI is InChI=1S/C16H28BO2S.Na/c1-2-3-4-5-6-7-8-9-10-11-14-19-17(18)16-13-12-15-20-16;/h12-13,15H,2-11,14H2,1H3;/q-1;+1. The third-order valence-corrected chi connectivity index (χ3v) is 4.44. The van der Waals surface area contributed by atoms with Gasteiger partial charge in [-0.25, -0.2) is 0 Å². The first-order valence-corrected chi connectivity index (χ1v) is 9.03. The Morgan fingerprint density at radius 3 is 2.10 bits per heavy atom. The Morgan fingerprint density at radius 2 is 1.57 bits per heavy atom. The molecule has 0 atom stereocenters. The fourth-order valence-electron chi connectivity index (χ4n) is 2.29. The summed E-state index contributed by atoms with van der Waals surface area (Å²) in [5, 5.41) is 13.6. The van der Waals surface area contributed by atoms with Gasteiger partial charge in [-0.05, 0) is 16.6 Å². The topological polar surface area (TPSA) is 32.3 Å². The summed E-state index contributed by atoms with van der Waals surface area (Å²) < 4.78 is 6.10. The van der Waals surface area contributed by atoms with Crippen molar-refractivity contribution in [1.82, 2.24) is 0 Å². The van der Waals surface area contributed by atoms with Gasteiger partial charge in [-0.2, -0.15) is 11.3 Å². The fraction of sp³-hybridized carbons (Fsp3) is 0.750. The second-order valence-electron chi connectivity index (χ2n) is 5.40. The van der Waals surface area contributed by atoms with E-state index in [1.54, 1.807) is 0 Å². The zero-order valence-corrected chi connectivity index (χ0v) is 16.6. The van der Waals surface area contributed by atoms with Crippen molar-refractivity contribution in [2.75, 3.05) is 6.61 Å². The number of rotatable bonds is 13. The molecule has 0 fully saturated rings. The molecule has 0 amide bonds. The predicted molar refractivity (Wildman–Crippen MR) is 87.5 cm³/mol. The van der Waals surface area contributed by atoms with Gasteiger partial charge in [-0.15, -0.1) is 0 Å². The Morgan fingerprint density at radius 1 is 1.00 bits per heavy atom. The van der Waals surface area contributed by atoms with Gasteiger partial charge >= 0.3 is 29.6 Å².